The second kappa shape index (κ2) is 6.37. The lowest BCUT2D eigenvalue weighted by atomic mass is 10.2. The molecule has 0 aromatic heterocycles. The van der Waals surface area contributed by atoms with Crippen LogP contribution in [0.2, 0.25) is 5.02 Å². The standard InChI is InChI=1S/C14H12BrClN2S/c1-9-2-4-10(5-3-9)17-14(19)18-11-6-7-12(15)13(16)8-11/h2-8H,1H3,(H2,17,18,19). The lowest BCUT2D eigenvalue weighted by Crippen LogP contribution is -2.18. The average Bonchev–Trinajstić information content (AvgIpc) is 2.37. The van der Waals surface area contributed by atoms with Gasteiger partial charge in [-0.25, -0.2) is 0 Å². The normalized spacial score (nSPS) is 10.1. The summed E-state index contributed by atoms with van der Waals surface area (Å²) >= 11 is 14.6. The van der Waals surface area contributed by atoms with Crippen LogP contribution in [-0.2, 0) is 0 Å². The topological polar surface area (TPSA) is 24.1 Å². The molecule has 5 heteroatoms. The predicted molar refractivity (Wildman–Crippen MR) is 90.2 cm³/mol. The van der Waals surface area contributed by atoms with Gasteiger partial charge in [0, 0.05) is 15.8 Å². The second-order valence-electron chi connectivity index (χ2n) is 4.07. The minimum atomic E-state index is 0.530. The van der Waals surface area contributed by atoms with Gasteiger partial charge in [0.1, 0.15) is 0 Å². The van der Waals surface area contributed by atoms with E-state index in [1.54, 1.807) is 0 Å². The SMILES string of the molecule is Cc1ccc(NC(=S)Nc2ccc(Br)c(Cl)c2)cc1. The molecule has 0 fully saturated rings. The molecule has 0 radical (unpaired) electrons. The zero-order valence-electron chi connectivity index (χ0n) is 10.2. The second-order valence-corrected chi connectivity index (χ2v) is 5.74. The molecule has 2 nitrogen and oxygen atoms in total. The Balaban J connectivity index is 2.01. The van der Waals surface area contributed by atoms with E-state index in [0.29, 0.717) is 10.1 Å². The zero-order chi connectivity index (χ0) is 13.8. The predicted octanol–water partition coefficient (Wildman–Crippen LogP) is 5.22. The third kappa shape index (κ3) is 4.20. The van der Waals surface area contributed by atoms with Crippen LogP contribution in [0.25, 0.3) is 0 Å². The number of hydrogen-bond acceptors (Lipinski definition) is 1. The van der Waals surface area contributed by atoms with Gasteiger partial charge in [0.2, 0.25) is 0 Å². The Morgan fingerprint density at radius 3 is 2.26 bits per heavy atom. The maximum absolute atomic E-state index is 6.02. The fourth-order valence-corrected chi connectivity index (χ4v) is 2.17. The number of anilines is 2. The molecular weight excluding hydrogens is 344 g/mol. The van der Waals surface area contributed by atoms with Crippen molar-refractivity contribution in [1.82, 2.24) is 0 Å². The van der Waals surface area contributed by atoms with Gasteiger partial charge in [-0.3, -0.25) is 0 Å². The molecule has 0 saturated heterocycles. The first-order valence-corrected chi connectivity index (χ1v) is 7.22. The molecule has 0 bridgehead atoms. The largest absolute Gasteiger partial charge is 0.332 e. The Kier molecular flexibility index (Phi) is 4.80. The molecule has 0 aliphatic rings. The fourth-order valence-electron chi connectivity index (χ4n) is 1.50. The van der Waals surface area contributed by atoms with Crippen LogP contribution in [0.5, 0.6) is 0 Å². The van der Waals surface area contributed by atoms with Crippen molar-refractivity contribution in [2.24, 2.45) is 0 Å². The molecule has 0 unspecified atom stereocenters. The van der Waals surface area contributed by atoms with E-state index < -0.39 is 0 Å². The van der Waals surface area contributed by atoms with E-state index >= 15 is 0 Å². The van der Waals surface area contributed by atoms with Crippen LogP contribution in [0, 0.1) is 6.92 Å². The molecule has 0 spiro atoms. The lowest BCUT2D eigenvalue weighted by molar-refractivity contribution is 1.47. The summed E-state index contributed by atoms with van der Waals surface area (Å²) in [5, 5.41) is 7.38. The van der Waals surface area contributed by atoms with Gasteiger partial charge in [0.05, 0.1) is 5.02 Å². The van der Waals surface area contributed by atoms with E-state index in [-0.39, 0.29) is 0 Å². The smallest absolute Gasteiger partial charge is 0.175 e. The quantitative estimate of drug-likeness (QED) is 0.722. The Bertz CT molecular complexity index is 599. The molecule has 19 heavy (non-hydrogen) atoms. The molecule has 2 aromatic rings. The van der Waals surface area contributed by atoms with Gasteiger partial charge >= 0.3 is 0 Å². The monoisotopic (exact) mass is 354 g/mol. The summed E-state index contributed by atoms with van der Waals surface area (Å²) in [6, 6.07) is 13.6. The number of benzene rings is 2. The summed E-state index contributed by atoms with van der Waals surface area (Å²) in [4.78, 5) is 0. The molecule has 0 aliphatic carbocycles. The zero-order valence-corrected chi connectivity index (χ0v) is 13.4. The molecule has 2 aromatic carbocycles. The number of halogens is 2. The third-order valence-electron chi connectivity index (χ3n) is 2.49. The Morgan fingerprint density at radius 2 is 1.63 bits per heavy atom. The highest BCUT2D eigenvalue weighted by molar-refractivity contribution is 9.10. The van der Waals surface area contributed by atoms with E-state index in [1.807, 2.05) is 49.4 Å². The first-order chi connectivity index (χ1) is 9.04. The van der Waals surface area contributed by atoms with Gasteiger partial charge in [-0.2, -0.15) is 0 Å². The molecule has 0 saturated carbocycles. The van der Waals surface area contributed by atoms with Crippen molar-refractivity contribution in [3.63, 3.8) is 0 Å². The van der Waals surface area contributed by atoms with Crippen molar-refractivity contribution >= 4 is 56.2 Å². The van der Waals surface area contributed by atoms with Crippen molar-refractivity contribution in [2.75, 3.05) is 10.6 Å². The minimum Gasteiger partial charge on any atom is -0.332 e. The summed E-state index contributed by atoms with van der Waals surface area (Å²) < 4.78 is 0.858. The van der Waals surface area contributed by atoms with Gasteiger partial charge in [-0.1, -0.05) is 29.3 Å². The number of thiocarbonyl (C=S) groups is 1. The number of hydrogen-bond donors (Lipinski definition) is 2. The molecule has 2 rings (SSSR count). The molecule has 0 atom stereocenters. The van der Waals surface area contributed by atoms with Gasteiger partial charge < -0.3 is 10.6 Å². The molecular formula is C14H12BrClN2S. The van der Waals surface area contributed by atoms with Crippen LogP contribution in [-0.4, -0.2) is 5.11 Å². The third-order valence-corrected chi connectivity index (χ3v) is 3.92. The Labute approximate surface area is 131 Å². The van der Waals surface area contributed by atoms with Gasteiger partial charge in [-0.05, 0) is 65.4 Å². The van der Waals surface area contributed by atoms with Crippen LogP contribution in [0.1, 0.15) is 5.56 Å². The highest BCUT2D eigenvalue weighted by Crippen LogP contribution is 2.25. The van der Waals surface area contributed by atoms with Crippen LogP contribution in [0.3, 0.4) is 0 Å². The van der Waals surface area contributed by atoms with Crippen LogP contribution in [0.4, 0.5) is 11.4 Å². The van der Waals surface area contributed by atoms with E-state index in [2.05, 4.69) is 26.6 Å². The van der Waals surface area contributed by atoms with Gasteiger partial charge in [-0.15, -0.1) is 0 Å². The van der Waals surface area contributed by atoms with Gasteiger partial charge in [0.25, 0.3) is 0 Å². The van der Waals surface area contributed by atoms with E-state index in [1.165, 1.54) is 5.56 Å². The minimum absolute atomic E-state index is 0.530. The Hall–Kier alpha value is -1.10. The maximum Gasteiger partial charge on any atom is 0.175 e. The van der Waals surface area contributed by atoms with Crippen molar-refractivity contribution in [3.05, 3.63) is 57.5 Å². The molecule has 98 valence electrons. The van der Waals surface area contributed by atoms with Crippen molar-refractivity contribution < 1.29 is 0 Å². The summed E-state index contributed by atoms with van der Waals surface area (Å²) in [5.74, 6) is 0. The first kappa shape index (κ1) is 14.3. The van der Waals surface area contributed by atoms with E-state index in [0.717, 1.165) is 15.8 Å². The van der Waals surface area contributed by atoms with Crippen LogP contribution in [0.15, 0.2) is 46.9 Å². The fraction of sp³-hybridized carbons (Fsp3) is 0.0714. The highest BCUT2D eigenvalue weighted by Gasteiger charge is 2.02. The molecule has 0 aliphatic heterocycles. The van der Waals surface area contributed by atoms with Crippen molar-refractivity contribution in [3.8, 4) is 0 Å². The first-order valence-electron chi connectivity index (χ1n) is 5.64. The van der Waals surface area contributed by atoms with E-state index in [4.69, 9.17) is 23.8 Å². The highest BCUT2D eigenvalue weighted by atomic mass is 79.9. The summed E-state index contributed by atoms with van der Waals surface area (Å²) in [6.45, 7) is 2.05. The Morgan fingerprint density at radius 1 is 1.05 bits per heavy atom. The van der Waals surface area contributed by atoms with Crippen molar-refractivity contribution in [1.29, 1.82) is 0 Å². The molecule has 0 heterocycles. The maximum atomic E-state index is 6.02. The van der Waals surface area contributed by atoms with Crippen molar-refractivity contribution in [2.45, 2.75) is 6.92 Å². The number of rotatable bonds is 2. The summed E-state index contributed by atoms with van der Waals surface area (Å²) in [6.07, 6.45) is 0. The van der Waals surface area contributed by atoms with Gasteiger partial charge in [0.15, 0.2) is 5.11 Å². The summed E-state index contributed by atoms with van der Waals surface area (Å²) in [5.41, 5.74) is 3.01. The van der Waals surface area contributed by atoms with Crippen LogP contribution >= 0.6 is 39.7 Å². The summed E-state index contributed by atoms with van der Waals surface area (Å²) in [7, 11) is 0. The van der Waals surface area contributed by atoms with Crippen LogP contribution < -0.4 is 10.6 Å². The number of aryl methyl sites for hydroxylation is 1. The average molecular weight is 356 g/mol. The van der Waals surface area contributed by atoms with E-state index in [9.17, 15) is 0 Å². The lowest BCUT2D eigenvalue weighted by Gasteiger charge is -2.11. The molecule has 2 N–H and O–H groups in total. The molecule has 0 amide bonds. The number of nitrogens with one attached hydrogen (secondary N) is 2.